The summed E-state index contributed by atoms with van der Waals surface area (Å²) < 4.78 is 5.48. The highest BCUT2D eigenvalue weighted by molar-refractivity contribution is 5.68. The van der Waals surface area contributed by atoms with Crippen LogP contribution in [0.5, 0.6) is 0 Å². The van der Waals surface area contributed by atoms with Gasteiger partial charge in [-0.3, -0.25) is 0 Å². The van der Waals surface area contributed by atoms with Crippen molar-refractivity contribution in [3.63, 3.8) is 0 Å². The van der Waals surface area contributed by atoms with E-state index in [2.05, 4.69) is 5.32 Å². The molecule has 2 aliphatic heterocycles. The number of hydrogen-bond donors (Lipinski definition) is 1. The van der Waals surface area contributed by atoms with E-state index in [4.69, 9.17) is 4.74 Å². The smallest absolute Gasteiger partial charge is 0.410 e. The van der Waals surface area contributed by atoms with Crippen LogP contribution >= 0.6 is 0 Å². The molecular formula is C15H28N2O2. The second kappa shape index (κ2) is 6.12. The Bertz CT molecular complexity index is 306. The maximum absolute atomic E-state index is 12.1. The van der Waals surface area contributed by atoms with Crippen molar-refractivity contribution in [2.75, 3.05) is 19.6 Å². The summed E-state index contributed by atoms with van der Waals surface area (Å²) in [5.74, 6) is 0.599. The van der Waals surface area contributed by atoms with E-state index in [-0.39, 0.29) is 6.09 Å². The van der Waals surface area contributed by atoms with E-state index < -0.39 is 5.60 Å². The van der Waals surface area contributed by atoms with E-state index in [0.717, 1.165) is 26.1 Å². The van der Waals surface area contributed by atoms with Crippen LogP contribution in [0.2, 0.25) is 0 Å². The van der Waals surface area contributed by atoms with Gasteiger partial charge in [0.1, 0.15) is 5.60 Å². The van der Waals surface area contributed by atoms with Gasteiger partial charge in [-0.25, -0.2) is 4.79 Å². The molecule has 2 aliphatic rings. The summed E-state index contributed by atoms with van der Waals surface area (Å²) in [5, 5.41) is 3.62. The highest BCUT2D eigenvalue weighted by atomic mass is 16.6. The van der Waals surface area contributed by atoms with Gasteiger partial charge in [-0.15, -0.1) is 0 Å². The number of rotatable bonds is 1. The molecule has 1 N–H and O–H groups in total. The largest absolute Gasteiger partial charge is 0.444 e. The van der Waals surface area contributed by atoms with E-state index in [9.17, 15) is 4.79 Å². The lowest BCUT2D eigenvalue weighted by Crippen LogP contribution is -2.50. The summed E-state index contributed by atoms with van der Waals surface area (Å²) in [6.45, 7) is 8.61. The predicted molar refractivity (Wildman–Crippen MR) is 76.2 cm³/mol. The van der Waals surface area contributed by atoms with Gasteiger partial charge >= 0.3 is 6.09 Å². The number of piperidine rings is 2. The average molecular weight is 268 g/mol. The van der Waals surface area contributed by atoms with Crippen molar-refractivity contribution in [3.8, 4) is 0 Å². The van der Waals surface area contributed by atoms with Gasteiger partial charge in [0.25, 0.3) is 0 Å². The van der Waals surface area contributed by atoms with Crippen LogP contribution in [0, 0.1) is 5.92 Å². The van der Waals surface area contributed by atoms with E-state index in [1.54, 1.807) is 0 Å². The minimum atomic E-state index is -0.396. The molecule has 2 atom stereocenters. The molecule has 0 aromatic carbocycles. The number of hydrogen-bond acceptors (Lipinski definition) is 3. The Balaban J connectivity index is 1.87. The highest BCUT2D eigenvalue weighted by Gasteiger charge is 2.31. The van der Waals surface area contributed by atoms with Crippen molar-refractivity contribution < 1.29 is 9.53 Å². The van der Waals surface area contributed by atoms with Gasteiger partial charge in [-0.05, 0) is 58.9 Å². The molecule has 2 saturated heterocycles. The van der Waals surface area contributed by atoms with Crippen molar-refractivity contribution in [2.45, 2.75) is 64.5 Å². The molecule has 0 spiro atoms. The van der Waals surface area contributed by atoms with Crippen molar-refractivity contribution in [3.05, 3.63) is 0 Å². The van der Waals surface area contributed by atoms with Gasteiger partial charge in [0.2, 0.25) is 0 Å². The summed E-state index contributed by atoms with van der Waals surface area (Å²) in [4.78, 5) is 14.0. The molecule has 0 saturated carbocycles. The number of carbonyl (C=O) groups is 1. The lowest BCUT2D eigenvalue weighted by Gasteiger charge is -2.39. The molecule has 0 aliphatic carbocycles. The first kappa shape index (κ1) is 14.6. The number of carbonyl (C=O) groups excluding carboxylic acids is 1. The molecule has 110 valence electrons. The lowest BCUT2D eigenvalue weighted by atomic mass is 9.86. The van der Waals surface area contributed by atoms with Crippen LogP contribution in [0.1, 0.15) is 52.9 Å². The van der Waals surface area contributed by atoms with Crippen molar-refractivity contribution >= 4 is 6.09 Å². The zero-order chi connectivity index (χ0) is 13.9. The Morgan fingerprint density at radius 3 is 2.63 bits per heavy atom. The number of ether oxygens (including phenoxy) is 1. The molecule has 4 nitrogen and oxygen atoms in total. The van der Waals surface area contributed by atoms with Crippen LogP contribution in [-0.2, 0) is 4.74 Å². The first-order valence-corrected chi connectivity index (χ1v) is 7.67. The Kier molecular flexibility index (Phi) is 4.71. The fourth-order valence-electron chi connectivity index (χ4n) is 3.11. The number of nitrogens with one attached hydrogen (secondary N) is 1. The molecule has 19 heavy (non-hydrogen) atoms. The summed E-state index contributed by atoms with van der Waals surface area (Å²) in [6.07, 6.45) is 6.05. The Hall–Kier alpha value is -0.770. The van der Waals surface area contributed by atoms with E-state index in [1.165, 1.54) is 25.7 Å². The molecule has 2 fully saturated rings. The van der Waals surface area contributed by atoms with E-state index in [0.29, 0.717) is 12.0 Å². The lowest BCUT2D eigenvalue weighted by molar-refractivity contribution is 0.0138. The number of likely N-dealkylation sites (tertiary alicyclic amines) is 1. The zero-order valence-corrected chi connectivity index (χ0v) is 12.6. The molecule has 4 heteroatoms. The third-order valence-electron chi connectivity index (χ3n) is 4.03. The molecule has 0 aromatic heterocycles. The van der Waals surface area contributed by atoms with Gasteiger partial charge in [0.15, 0.2) is 0 Å². The van der Waals surface area contributed by atoms with Crippen LogP contribution in [0.3, 0.4) is 0 Å². The average Bonchev–Trinajstić information content (AvgIpc) is 2.38. The zero-order valence-electron chi connectivity index (χ0n) is 12.6. The number of nitrogens with zero attached hydrogens (tertiary/aromatic N) is 1. The fourth-order valence-corrected chi connectivity index (χ4v) is 3.11. The topological polar surface area (TPSA) is 41.6 Å². The predicted octanol–water partition coefficient (Wildman–Crippen LogP) is 2.78. The van der Waals surface area contributed by atoms with Crippen LogP contribution < -0.4 is 5.32 Å². The third-order valence-corrected chi connectivity index (χ3v) is 4.03. The molecule has 0 aromatic rings. The fraction of sp³-hybridized carbons (Fsp3) is 0.933. The standard InChI is InChI=1S/C15H28N2O2/c1-15(2,3)19-14(18)17-10-6-7-12(11-17)13-8-4-5-9-16-13/h12-13,16H,4-11H2,1-3H3/t12-,13+/m1/s1. The van der Waals surface area contributed by atoms with Gasteiger partial charge in [0, 0.05) is 19.1 Å². The van der Waals surface area contributed by atoms with Crippen LogP contribution in [-0.4, -0.2) is 42.3 Å². The maximum Gasteiger partial charge on any atom is 0.410 e. The van der Waals surface area contributed by atoms with Gasteiger partial charge < -0.3 is 15.0 Å². The normalized spacial score (nSPS) is 29.1. The Morgan fingerprint density at radius 2 is 2.00 bits per heavy atom. The highest BCUT2D eigenvalue weighted by Crippen LogP contribution is 2.25. The molecule has 0 unspecified atom stereocenters. The Labute approximate surface area is 116 Å². The van der Waals surface area contributed by atoms with E-state index in [1.807, 2.05) is 25.7 Å². The molecule has 2 heterocycles. The first-order chi connectivity index (χ1) is 8.96. The summed E-state index contributed by atoms with van der Waals surface area (Å²) in [6, 6.07) is 0.596. The molecule has 0 bridgehead atoms. The third kappa shape index (κ3) is 4.37. The quantitative estimate of drug-likeness (QED) is 0.795. The number of amides is 1. The SMILES string of the molecule is CC(C)(C)OC(=O)N1CCC[C@@H]([C@@H]2CCCCN2)C1. The summed E-state index contributed by atoms with van der Waals surface area (Å²) >= 11 is 0. The van der Waals surface area contributed by atoms with Crippen LogP contribution in [0.4, 0.5) is 4.79 Å². The summed E-state index contributed by atoms with van der Waals surface area (Å²) in [5.41, 5.74) is -0.396. The summed E-state index contributed by atoms with van der Waals surface area (Å²) in [7, 11) is 0. The van der Waals surface area contributed by atoms with Crippen LogP contribution in [0.25, 0.3) is 0 Å². The second-order valence-electron chi connectivity index (χ2n) is 6.89. The maximum atomic E-state index is 12.1. The van der Waals surface area contributed by atoms with Crippen molar-refractivity contribution in [1.82, 2.24) is 10.2 Å². The Morgan fingerprint density at radius 1 is 1.21 bits per heavy atom. The minimum Gasteiger partial charge on any atom is -0.444 e. The van der Waals surface area contributed by atoms with E-state index >= 15 is 0 Å². The van der Waals surface area contributed by atoms with Gasteiger partial charge in [0.05, 0.1) is 0 Å². The van der Waals surface area contributed by atoms with Crippen molar-refractivity contribution in [1.29, 1.82) is 0 Å². The van der Waals surface area contributed by atoms with Crippen molar-refractivity contribution in [2.24, 2.45) is 5.92 Å². The minimum absolute atomic E-state index is 0.145. The first-order valence-electron chi connectivity index (χ1n) is 7.67. The molecule has 0 radical (unpaired) electrons. The van der Waals surface area contributed by atoms with Gasteiger partial charge in [-0.2, -0.15) is 0 Å². The van der Waals surface area contributed by atoms with Gasteiger partial charge in [-0.1, -0.05) is 6.42 Å². The molecular weight excluding hydrogens is 240 g/mol. The molecule has 1 amide bonds. The monoisotopic (exact) mass is 268 g/mol. The van der Waals surface area contributed by atoms with Crippen LogP contribution in [0.15, 0.2) is 0 Å². The second-order valence-corrected chi connectivity index (χ2v) is 6.89. The molecule has 2 rings (SSSR count).